The molecular weight excluding hydrogens is 401 g/mol. The molecule has 29 heavy (non-hydrogen) atoms. The number of para-hydroxylation sites is 2. The lowest BCUT2D eigenvalue weighted by Crippen LogP contribution is -2.38. The van der Waals surface area contributed by atoms with E-state index in [0.717, 1.165) is 42.8 Å². The fourth-order valence-electron chi connectivity index (χ4n) is 4.85. The van der Waals surface area contributed by atoms with Crippen LogP contribution in [0, 0.1) is 10.6 Å². The summed E-state index contributed by atoms with van der Waals surface area (Å²) in [5.74, 6) is -0.147. The maximum absolute atomic E-state index is 13.2. The molecule has 2 aliphatic heterocycles. The maximum Gasteiger partial charge on any atom is 0.178 e. The predicted molar refractivity (Wildman–Crippen MR) is 122 cm³/mol. The first-order valence-electron chi connectivity index (χ1n) is 10.5. The van der Waals surface area contributed by atoms with Gasteiger partial charge in [-0.25, -0.2) is 4.39 Å². The van der Waals surface area contributed by atoms with Gasteiger partial charge in [0.2, 0.25) is 0 Å². The molecule has 152 valence electrons. The van der Waals surface area contributed by atoms with E-state index in [9.17, 15) is 4.39 Å². The Morgan fingerprint density at radius 2 is 1.76 bits per heavy atom. The Labute approximate surface area is 180 Å². The van der Waals surface area contributed by atoms with E-state index >= 15 is 0 Å². The monoisotopic (exact) mass is 427 g/mol. The average molecular weight is 428 g/mol. The molecule has 2 saturated heterocycles. The van der Waals surface area contributed by atoms with Crippen molar-refractivity contribution in [2.24, 2.45) is 0 Å². The molecule has 3 aromatic rings. The van der Waals surface area contributed by atoms with Gasteiger partial charge in [-0.2, -0.15) is 0 Å². The number of nitrogens with zero attached hydrogens (tertiary/aromatic N) is 2. The number of H-pyrrole nitrogens is 1. The number of aromatic nitrogens is 2. The van der Waals surface area contributed by atoms with E-state index in [0.29, 0.717) is 16.5 Å². The third kappa shape index (κ3) is 4.03. The second-order valence-corrected chi connectivity index (χ2v) is 10.1. The molecule has 5 rings (SSSR count). The molecule has 0 aliphatic carbocycles. The highest BCUT2D eigenvalue weighted by atomic mass is 32.2. The number of rotatable bonds is 4. The molecule has 2 atom stereocenters. The van der Waals surface area contributed by atoms with E-state index in [2.05, 4.69) is 50.5 Å². The van der Waals surface area contributed by atoms with Crippen molar-refractivity contribution in [3.8, 4) is 0 Å². The maximum atomic E-state index is 13.2. The highest BCUT2D eigenvalue weighted by molar-refractivity contribution is 8.00. The molecule has 0 bridgehead atoms. The van der Waals surface area contributed by atoms with Gasteiger partial charge in [-0.05, 0) is 67.7 Å². The van der Waals surface area contributed by atoms with Gasteiger partial charge < -0.3 is 14.5 Å². The Bertz CT molecular complexity index is 1030. The van der Waals surface area contributed by atoms with Crippen molar-refractivity contribution < 1.29 is 4.39 Å². The summed E-state index contributed by atoms with van der Waals surface area (Å²) in [4.78, 5) is 5.98. The van der Waals surface area contributed by atoms with Crippen molar-refractivity contribution >= 4 is 35.0 Å². The van der Waals surface area contributed by atoms with Gasteiger partial charge in [0.25, 0.3) is 0 Å². The molecule has 3 heterocycles. The van der Waals surface area contributed by atoms with Gasteiger partial charge in [0.15, 0.2) is 4.77 Å². The third-order valence-corrected chi connectivity index (χ3v) is 8.26. The number of thioether (sulfide) groups is 1. The molecule has 0 radical (unpaired) electrons. The number of benzene rings is 2. The number of nitrogens with one attached hydrogen (secondary N) is 1. The minimum atomic E-state index is -0.147. The first-order chi connectivity index (χ1) is 14.2. The largest absolute Gasteiger partial charge is 0.331 e. The molecule has 1 aromatic heterocycles. The van der Waals surface area contributed by atoms with Crippen LogP contribution in [-0.2, 0) is 0 Å². The summed E-state index contributed by atoms with van der Waals surface area (Å²) < 4.78 is 16.4. The predicted octanol–water partition coefficient (Wildman–Crippen LogP) is 6.11. The lowest BCUT2D eigenvalue weighted by Gasteiger charge is -2.34. The Hall–Kier alpha value is -1.63. The van der Waals surface area contributed by atoms with Crippen LogP contribution in [0.4, 0.5) is 4.39 Å². The number of fused-ring (bicyclic) bond motifs is 1. The van der Waals surface area contributed by atoms with Crippen molar-refractivity contribution in [2.75, 3.05) is 19.6 Å². The van der Waals surface area contributed by atoms with Crippen LogP contribution >= 0.6 is 24.0 Å². The minimum absolute atomic E-state index is 0.147. The van der Waals surface area contributed by atoms with Crippen LogP contribution in [0.2, 0.25) is 0 Å². The van der Waals surface area contributed by atoms with Gasteiger partial charge >= 0.3 is 0 Å². The Balaban J connectivity index is 1.18. The average Bonchev–Trinajstić information content (AvgIpc) is 3.33. The Morgan fingerprint density at radius 1 is 1.00 bits per heavy atom. The van der Waals surface area contributed by atoms with Crippen molar-refractivity contribution in [3.63, 3.8) is 0 Å². The topological polar surface area (TPSA) is 24.0 Å². The molecule has 0 spiro atoms. The van der Waals surface area contributed by atoms with Gasteiger partial charge in [-0.3, -0.25) is 0 Å². The summed E-state index contributed by atoms with van der Waals surface area (Å²) in [7, 11) is 0. The van der Waals surface area contributed by atoms with E-state index in [1.54, 1.807) is 12.1 Å². The van der Waals surface area contributed by atoms with Gasteiger partial charge in [-0.1, -0.05) is 24.3 Å². The van der Waals surface area contributed by atoms with Crippen molar-refractivity contribution in [1.29, 1.82) is 0 Å². The van der Waals surface area contributed by atoms with E-state index in [1.807, 2.05) is 12.1 Å². The van der Waals surface area contributed by atoms with Crippen LogP contribution < -0.4 is 0 Å². The number of hydrogen-bond donors (Lipinski definition) is 1. The van der Waals surface area contributed by atoms with Crippen LogP contribution in [-0.4, -0.2) is 39.3 Å². The molecule has 2 fully saturated rings. The number of piperidine rings is 1. The lowest BCUT2D eigenvalue weighted by atomic mass is 10.0. The number of hydrogen-bond acceptors (Lipinski definition) is 3. The molecule has 2 unspecified atom stereocenters. The first kappa shape index (κ1) is 19.3. The molecule has 6 heteroatoms. The standard InChI is InChI=1S/C23H26FN3S2/c24-17-7-5-16(6-8-17)22-10-9-19(29-22)15-26-13-11-18(12-14-26)27-21-4-2-1-3-20(21)25-23(27)28/h1-8,18-19,22H,9-15H2,(H,25,28). The summed E-state index contributed by atoms with van der Waals surface area (Å²) in [6.45, 7) is 3.42. The second-order valence-electron chi connectivity index (χ2n) is 8.22. The zero-order valence-electron chi connectivity index (χ0n) is 16.4. The fraction of sp³-hybridized carbons (Fsp3) is 0.435. The van der Waals surface area contributed by atoms with Crippen LogP contribution in [0.1, 0.15) is 42.5 Å². The summed E-state index contributed by atoms with van der Waals surface area (Å²) >= 11 is 7.69. The second kappa shape index (κ2) is 8.25. The smallest absolute Gasteiger partial charge is 0.178 e. The first-order valence-corrected chi connectivity index (χ1v) is 11.8. The molecule has 2 aromatic carbocycles. The summed E-state index contributed by atoms with van der Waals surface area (Å²) in [6, 6.07) is 16.0. The van der Waals surface area contributed by atoms with E-state index < -0.39 is 0 Å². The van der Waals surface area contributed by atoms with E-state index in [-0.39, 0.29) is 5.82 Å². The Kier molecular flexibility index (Phi) is 5.50. The highest BCUT2D eigenvalue weighted by Crippen LogP contribution is 2.45. The zero-order valence-corrected chi connectivity index (χ0v) is 18.0. The fourth-order valence-corrected chi connectivity index (χ4v) is 6.82. The number of likely N-dealkylation sites (tertiary alicyclic amines) is 1. The van der Waals surface area contributed by atoms with E-state index in [1.165, 1.54) is 23.9 Å². The lowest BCUT2D eigenvalue weighted by molar-refractivity contribution is 0.188. The quantitative estimate of drug-likeness (QED) is 0.508. The normalized spacial score (nSPS) is 23.8. The number of halogens is 1. The van der Waals surface area contributed by atoms with Crippen molar-refractivity contribution in [1.82, 2.24) is 14.5 Å². The molecule has 0 saturated carbocycles. The van der Waals surface area contributed by atoms with E-state index in [4.69, 9.17) is 12.2 Å². The number of imidazole rings is 1. The number of aromatic amines is 1. The summed E-state index contributed by atoms with van der Waals surface area (Å²) in [5, 5.41) is 1.19. The van der Waals surface area contributed by atoms with Crippen LogP contribution in [0.15, 0.2) is 48.5 Å². The molecule has 0 amide bonds. The van der Waals surface area contributed by atoms with Crippen LogP contribution in [0.3, 0.4) is 0 Å². The van der Waals surface area contributed by atoms with Crippen LogP contribution in [0.25, 0.3) is 11.0 Å². The highest BCUT2D eigenvalue weighted by Gasteiger charge is 2.30. The SMILES string of the molecule is Fc1ccc(C2CCC(CN3CCC(n4c(=S)[nH]c5ccccc54)CC3)S2)cc1. The minimum Gasteiger partial charge on any atom is -0.331 e. The zero-order chi connectivity index (χ0) is 19.8. The van der Waals surface area contributed by atoms with Gasteiger partial charge in [0.05, 0.1) is 11.0 Å². The van der Waals surface area contributed by atoms with Crippen molar-refractivity contribution in [3.05, 3.63) is 64.7 Å². The van der Waals surface area contributed by atoms with Crippen molar-refractivity contribution in [2.45, 2.75) is 42.2 Å². The van der Waals surface area contributed by atoms with Crippen LogP contribution in [0.5, 0.6) is 0 Å². The van der Waals surface area contributed by atoms with Gasteiger partial charge in [0.1, 0.15) is 5.82 Å². The Morgan fingerprint density at radius 3 is 2.55 bits per heavy atom. The molecule has 3 nitrogen and oxygen atoms in total. The summed E-state index contributed by atoms with van der Waals surface area (Å²) in [6.07, 6.45) is 4.74. The summed E-state index contributed by atoms with van der Waals surface area (Å²) in [5.41, 5.74) is 3.63. The molecular formula is C23H26FN3S2. The third-order valence-electron chi connectivity index (χ3n) is 6.36. The molecule has 1 N–H and O–H groups in total. The van der Waals surface area contributed by atoms with Gasteiger partial charge in [-0.15, -0.1) is 11.8 Å². The van der Waals surface area contributed by atoms with Gasteiger partial charge in [0, 0.05) is 36.2 Å². The molecule has 2 aliphatic rings.